The highest BCUT2D eigenvalue weighted by Crippen LogP contribution is 2.30. The van der Waals surface area contributed by atoms with Crippen LogP contribution in [-0.4, -0.2) is 29.6 Å². The predicted molar refractivity (Wildman–Crippen MR) is 71.9 cm³/mol. The highest BCUT2D eigenvalue weighted by molar-refractivity contribution is 7.80. The number of nitrogens with zero attached hydrogens (tertiary/aromatic N) is 1. The van der Waals surface area contributed by atoms with Crippen molar-refractivity contribution in [1.82, 2.24) is 4.90 Å². The first kappa shape index (κ1) is 13.9. The van der Waals surface area contributed by atoms with Gasteiger partial charge in [0.2, 0.25) is 5.91 Å². The Hall–Kier alpha value is -0.180. The molecule has 1 amide bonds. The molecule has 1 saturated heterocycles. The maximum atomic E-state index is 11.9. The second kappa shape index (κ2) is 6.53. The molecule has 0 aliphatic carbocycles. The normalized spacial score (nSPS) is 20.9. The predicted octanol–water partition coefficient (Wildman–Crippen LogP) is 3.13. The summed E-state index contributed by atoms with van der Waals surface area (Å²) in [4.78, 5) is 13.9. The van der Waals surface area contributed by atoms with Crippen LogP contribution in [0.1, 0.15) is 52.4 Å². The van der Waals surface area contributed by atoms with Gasteiger partial charge < -0.3 is 4.90 Å². The second-order valence-electron chi connectivity index (χ2n) is 5.58. The lowest BCUT2D eigenvalue weighted by atomic mass is 9.85. The van der Waals surface area contributed by atoms with Crippen molar-refractivity contribution in [3.8, 4) is 0 Å². The fourth-order valence-electron chi connectivity index (χ4n) is 2.12. The fourth-order valence-corrected chi connectivity index (χ4v) is 2.34. The molecule has 1 aliphatic rings. The smallest absolute Gasteiger partial charge is 0.222 e. The van der Waals surface area contributed by atoms with Crippen LogP contribution >= 0.6 is 12.6 Å². The van der Waals surface area contributed by atoms with Crippen molar-refractivity contribution in [3.05, 3.63) is 0 Å². The van der Waals surface area contributed by atoms with E-state index in [4.69, 9.17) is 0 Å². The second-order valence-corrected chi connectivity index (χ2v) is 6.03. The molecule has 0 aromatic rings. The monoisotopic (exact) mass is 243 g/mol. The summed E-state index contributed by atoms with van der Waals surface area (Å²) >= 11 is 4.20. The molecule has 0 unspecified atom stereocenters. The van der Waals surface area contributed by atoms with Gasteiger partial charge >= 0.3 is 0 Å². The Morgan fingerprint density at radius 3 is 2.69 bits per heavy atom. The van der Waals surface area contributed by atoms with Crippen LogP contribution in [0, 0.1) is 5.41 Å². The standard InChI is InChI=1S/C13H25NOS/c1-13(2)7-6-12(15)14(10-8-13)9-4-3-5-11-16/h16H,3-11H2,1-2H3. The number of carbonyl (C=O) groups excluding carboxylic acids is 1. The molecule has 0 saturated carbocycles. The molecule has 1 heterocycles. The number of likely N-dealkylation sites (tertiary alicyclic amines) is 1. The fraction of sp³-hybridized carbons (Fsp3) is 0.923. The minimum Gasteiger partial charge on any atom is -0.343 e. The Kier molecular flexibility index (Phi) is 5.67. The number of unbranched alkanes of at least 4 members (excludes halogenated alkanes) is 2. The average molecular weight is 243 g/mol. The summed E-state index contributed by atoms with van der Waals surface area (Å²) < 4.78 is 0. The lowest BCUT2D eigenvalue weighted by Crippen LogP contribution is -2.31. The zero-order valence-corrected chi connectivity index (χ0v) is 11.6. The number of thiol groups is 1. The van der Waals surface area contributed by atoms with Crippen molar-refractivity contribution >= 4 is 18.5 Å². The molecule has 1 aliphatic heterocycles. The summed E-state index contributed by atoms with van der Waals surface area (Å²) in [7, 11) is 0. The Bertz CT molecular complexity index is 228. The zero-order chi connectivity index (χ0) is 12.0. The summed E-state index contributed by atoms with van der Waals surface area (Å²) in [6.07, 6.45) is 6.41. The molecule has 0 spiro atoms. The van der Waals surface area contributed by atoms with Gasteiger partial charge in [-0.25, -0.2) is 0 Å². The molecule has 0 bridgehead atoms. The van der Waals surface area contributed by atoms with Crippen LogP contribution in [0.2, 0.25) is 0 Å². The zero-order valence-electron chi connectivity index (χ0n) is 10.7. The van der Waals surface area contributed by atoms with E-state index < -0.39 is 0 Å². The van der Waals surface area contributed by atoms with Gasteiger partial charge in [0.1, 0.15) is 0 Å². The van der Waals surface area contributed by atoms with Gasteiger partial charge in [0.05, 0.1) is 0 Å². The largest absolute Gasteiger partial charge is 0.343 e. The third-order valence-electron chi connectivity index (χ3n) is 3.51. The minimum absolute atomic E-state index is 0.343. The number of carbonyl (C=O) groups is 1. The van der Waals surface area contributed by atoms with Crippen LogP contribution in [0.4, 0.5) is 0 Å². The Morgan fingerprint density at radius 2 is 2.00 bits per heavy atom. The molecule has 0 radical (unpaired) electrons. The topological polar surface area (TPSA) is 20.3 Å². The number of rotatable bonds is 5. The van der Waals surface area contributed by atoms with Crippen molar-refractivity contribution in [2.45, 2.75) is 52.4 Å². The van der Waals surface area contributed by atoms with E-state index in [2.05, 4.69) is 31.4 Å². The number of hydrogen-bond acceptors (Lipinski definition) is 2. The van der Waals surface area contributed by atoms with E-state index >= 15 is 0 Å². The van der Waals surface area contributed by atoms with E-state index in [9.17, 15) is 4.79 Å². The lowest BCUT2D eigenvalue weighted by molar-refractivity contribution is -0.130. The quantitative estimate of drug-likeness (QED) is 0.581. The van der Waals surface area contributed by atoms with E-state index in [1.165, 1.54) is 6.42 Å². The first-order valence-corrected chi connectivity index (χ1v) is 7.07. The van der Waals surface area contributed by atoms with E-state index in [0.717, 1.165) is 50.9 Å². The number of amides is 1. The molecule has 94 valence electrons. The van der Waals surface area contributed by atoms with Crippen LogP contribution < -0.4 is 0 Å². The van der Waals surface area contributed by atoms with Crippen LogP contribution in [0.3, 0.4) is 0 Å². The molecule has 0 aromatic heterocycles. The van der Waals surface area contributed by atoms with E-state index in [-0.39, 0.29) is 0 Å². The summed E-state index contributed by atoms with van der Waals surface area (Å²) in [5.74, 6) is 1.32. The van der Waals surface area contributed by atoms with Crippen LogP contribution in [0.15, 0.2) is 0 Å². The lowest BCUT2D eigenvalue weighted by Gasteiger charge is -2.23. The molecule has 0 aromatic carbocycles. The van der Waals surface area contributed by atoms with Crippen molar-refractivity contribution in [2.24, 2.45) is 5.41 Å². The van der Waals surface area contributed by atoms with Crippen molar-refractivity contribution in [2.75, 3.05) is 18.8 Å². The van der Waals surface area contributed by atoms with Crippen LogP contribution in [-0.2, 0) is 4.79 Å². The Labute approximate surface area is 105 Å². The number of hydrogen-bond donors (Lipinski definition) is 1. The van der Waals surface area contributed by atoms with Gasteiger partial charge in [0.25, 0.3) is 0 Å². The maximum absolute atomic E-state index is 11.9. The molecule has 1 fully saturated rings. The average Bonchev–Trinajstić information content (AvgIpc) is 2.36. The van der Waals surface area contributed by atoms with Gasteiger partial charge in [-0.3, -0.25) is 4.79 Å². The molecular weight excluding hydrogens is 218 g/mol. The molecule has 0 atom stereocenters. The van der Waals surface area contributed by atoms with Gasteiger partial charge in [0, 0.05) is 19.5 Å². The van der Waals surface area contributed by atoms with E-state index in [0.29, 0.717) is 11.3 Å². The first-order valence-electron chi connectivity index (χ1n) is 6.44. The van der Waals surface area contributed by atoms with Gasteiger partial charge in [0.15, 0.2) is 0 Å². The van der Waals surface area contributed by atoms with Gasteiger partial charge in [-0.2, -0.15) is 12.6 Å². The molecule has 1 rings (SSSR count). The van der Waals surface area contributed by atoms with Gasteiger partial charge in [-0.1, -0.05) is 20.3 Å². The van der Waals surface area contributed by atoms with Crippen molar-refractivity contribution < 1.29 is 4.79 Å². The summed E-state index contributed by atoms with van der Waals surface area (Å²) in [6.45, 7) is 6.44. The van der Waals surface area contributed by atoms with Crippen molar-refractivity contribution in [1.29, 1.82) is 0 Å². The molecule has 3 heteroatoms. The SMILES string of the molecule is CC1(C)CCC(=O)N(CCCCCS)CC1. The highest BCUT2D eigenvalue weighted by atomic mass is 32.1. The van der Waals surface area contributed by atoms with E-state index in [1.54, 1.807) is 0 Å². The molecule has 0 N–H and O–H groups in total. The van der Waals surface area contributed by atoms with Crippen molar-refractivity contribution in [3.63, 3.8) is 0 Å². The Balaban J connectivity index is 2.32. The first-order chi connectivity index (χ1) is 7.55. The Morgan fingerprint density at radius 1 is 1.25 bits per heavy atom. The summed E-state index contributed by atoms with van der Waals surface area (Å²) in [5, 5.41) is 0. The summed E-state index contributed by atoms with van der Waals surface area (Å²) in [6, 6.07) is 0. The molecule has 16 heavy (non-hydrogen) atoms. The van der Waals surface area contributed by atoms with Crippen LogP contribution in [0.5, 0.6) is 0 Å². The molecular formula is C13H25NOS. The van der Waals surface area contributed by atoms with Crippen LogP contribution in [0.25, 0.3) is 0 Å². The summed E-state index contributed by atoms with van der Waals surface area (Å²) in [5.41, 5.74) is 0.343. The minimum atomic E-state index is 0.343. The third-order valence-corrected chi connectivity index (χ3v) is 3.83. The maximum Gasteiger partial charge on any atom is 0.222 e. The molecule has 2 nitrogen and oxygen atoms in total. The third kappa shape index (κ3) is 4.77. The van der Waals surface area contributed by atoms with Gasteiger partial charge in [-0.05, 0) is 36.9 Å². The van der Waals surface area contributed by atoms with Gasteiger partial charge in [-0.15, -0.1) is 0 Å². The van der Waals surface area contributed by atoms with E-state index in [1.807, 2.05) is 0 Å². The highest BCUT2D eigenvalue weighted by Gasteiger charge is 2.26.